The van der Waals surface area contributed by atoms with Crippen LogP contribution in [0, 0.1) is 11.8 Å². The van der Waals surface area contributed by atoms with Crippen LogP contribution in [-0.4, -0.2) is 29.3 Å². The molecular weight excluding hydrogens is 296 g/mol. The standard InChI is InChI=1S/C14H15ClN2O4/c1-2-21-14(20)11-6-9(18)5-10(11)13(19)17-12-4-3-8(15)7-16-12/h3-4,7,10-11H,2,5-6H2,1H3,(H,16,17,19)/t10-,11-/m0/s1. The molecule has 1 amide bonds. The quantitative estimate of drug-likeness (QED) is 0.858. The lowest BCUT2D eigenvalue weighted by atomic mass is 9.95. The van der Waals surface area contributed by atoms with E-state index in [4.69, 9.17) is 16.3 Å². The van der Waals surface area contributed by atoms with Gasteiger partial charge >= 0.3 is 5.97 Å². The number of nitrogens with zero attached hydrogens (tertiary/aromatic N) is 1. The highest BCUT2D eigenvalue weighted by Gasteiger charge is 2.43. The molecule has 1 N–H and O–H groups in total. The summed E-state index contributed by atoms with van der Waals surface area (Å²) in [5, 5.41) is 3.04. The van der Waals surface area contributed by atoms with Crippen LogP contribution in [0.15, 0.2) is 18.3 Å². The number of anilines is 1. The number of carbonyl (C=O) groups excluding carboxylic acids is 3. The monoisotopic (exact) mass is 310 g/mol. The summed E-state index contributed by atoms with van der Waals surface area (Å²) in [6.45, 7) is 1.90. The number of nitrogens with one attached hydrogen (secondary N) is 1. The summed E-state index contributed by atoms with van der Waals surface area (Å²) < 4.78 is 4.92. The molecule has 2 atom stereocenters. The number of ether oxygens (including phenoxy) is 1. The molecule has 2 rings (SSSR count). The van der Waals surface area contributed by atoms with Gasteiger partial charge in [0, 0.05) is 19.0 Å². The number of esters is 1. The molecule has 1 heterocycles. The maximum absolute atomic E-state index is 12.2. The predicted octanol–water partition coefficient (Wildman–Crippen LogP) is 1.83. The van der Waals surface area contributed by atoms with E-state index in [1.807, 2.05) is 0 Å². The molecule has 0 bridgehead atoms. The normalized spacial score (nSPS) is 21.1. The van der Waals surface area contributed by atoms with E-state index in [1.54, 1.807) is 19.1 Å². The van der Waals surface area contributed by atoms with Gasteiger partial charge in [-0.05, 0) is 19.1 Å². The Balaban J connectivity index is 2.07. The molecule has 0 aliphatic heterocycles. The van der Waals surface area contributed by atoms with Crippen molar-refractivity contribution in [2.75, 3.05) is 11.9 Å². The Morgan fingerprint density at radius 2 is 2.10 bits per heavy atom. The van der Waals surface area contributed by atoms with Crippen LogP contribution < -0.4 is 5.32 Å². The van der Waals surface area contributed by atoms with Gasteiger partial charge in [-0.2, -0.15) is 0 Å². The number of carbonyl (C=O) groups is 3. The summed E-state index contributed by atoms with van der Waals surface area (Å²) >= 11 is 5.71. The summed E-state index contributed by atoms with van der Waals surface area (Å²) in [5.74, 6) is -2.14. The fraction of sp³-hybridized carbons (Fsp3) is 0.429. The average Bonchev–Trinajstić information content (AvgIpc) is 2.84. The third-order valence-electron chi connectivity index (χ3n) is 3.29. The van der Waals surface area contributed by atoms with Crippen molar-refractivity contribution in [1.29, 1.82) is 0 Å². The molecule has 0 unspecified atom stereocenters. The first kappa shape index (κ1) is 15.4. The molecular formula is C14H15ClN2O4. The van der Waals surface area contributed by atoms with Crippen LogP contribution in [0.2, 0.25) is 5.02 Å². The van der Waals surface area contributed by atoms with Crippen molar-refractivity contribution in [2.24, 2.45) is 11.8 Å². The Kier molecular flexibility index (Phi) is 4.90. The molecule has 1 aliphatic carbocycles. The largest absolute Gasteiger partial charge is 0.466 e. The molecule has 112 valence electrons. The predicted molar refractivity (Wildman–Crippen MR) is 75.7 cm³/mol. The molecule has 0 aromatic carbocycles. The van der Waals surface area contributed by atoms with Crippen molar-refractivity contribution in [3.8, 4) is 0 Å². The van der Waals surface area contributed by atoms with Gasteiger partial charge in [0.05, 0.1) is 23.5 Å². The molecule has 6 nitrogen and oxygen atoms in total. The van der Waals surface area contributed by atoms with Crippen molar-refractivity contribution >= 4 is 35.1 Å². The zero-order valence-electron chi connectivity index (χ0n) is 11.5. The fourth-order valence-corrected chi connectivity index (χ4v) is 2.41. The van der Waals surface area contributed by atoms with E-state index in [2.05, 4.69) is 10.3 Å². The lowest BCUT2D eigenvalue weighted by Crippen LogP contribution is -2.31. The topological polar surface area (TPSA) is 85.4 Å². The second-order valence-corrected chi connectivity index (χ2v) is 5.20. The SMILES string of the molecule is CCOC(=O)[C@H]1CC(=O)C[C@@H]1C(=O)Nc1ccc(Cl)cn1. The van der Waals surface area contributed by atoms with Gasteiger partial charge in [0.2, 0.25) is 5.91 Å². The molecule has 21 heavy (non-hydrogen) atoms. The molecule has 0 saturated heterocycles. The zero-order valence-corrected chi connectivity index (χ0v) is 12.2. The van der Waals surface area contributed by atoms with Crippen molar-refractivity contribution < 1.29 is 19.1 Å². The second-order valence-electron chi connectivity index (χ2n) is 4.76. The Morgan fingerprint density at radius 1 is 1.38 bits per heavy atom. The van der Waals surface area contributed by atoms with Crippen LogP contribution in [0.25, 0.3) is 0 Å². The van der Waals surface area contributed by atoms with Gasteiger partial charge in [-0.1, -0.05) is 11.6 Å². The molecule has 7 heteroatoms. The lowest BCUT2D eigenvalue weighted by Gasteiger charge is -2.16. The van der Waals surface area contributed by atoms with Crippen molar-refractivity contribution in [3.63, 3.8) is 0 Å². The van der Waals surface area contributed by atoms with Gasteiger partial charge in [-0.25, -0.2) is 4.98 Å². The first-order valence-electron chi connectivity index (χ1n) is 6.62. The first-order chi connectivity index (χ1) is 10.0. The van der Waals surface area contributed by atoms with Crippen molar-refractivity contribution in [1.82, 2.24) is 4.98 Å². The van der Waals surface area contributed by atoms with Crippen LogP contribution in [0.4, 0.5) is 5.82 Å². The van der Waals surface area contributed by atoms with Gasteiger partial charge in [-0.3, -0.25) is 14.4 Å². The number of ketones is 1. The van der Waals surface area contributed by atoms with Gasteiger partial charge in [0.15, 0.2) is 0 Å². The molecule has 1 aliphatic rings. The molecule has 1 aromatic rings. The lowest BCUT2D eigenvalue weighted by molar-refractivity contribution is -0.151. The highest BCUT2D eigenvalue weighted by Crippen LogP contribution is 2.31. The number of amides is 1. The molecule has 0 spiro atoms. The summed E-state index contributed by atoms with van der Waals surface area (Å²) in [4.78, 5) is 39.5. The minimum absolute atomic E-state index is 0.0445. The third kappa shape index (κ3) is 3.78. The van der Waals surface area contributed by atoms with E-state index in [0.717, 1.165) is 0 Å². The second kappa shape index (κ2) is 6.67. The van der Waals surface area contributed by atoms with E-state index in [-0.39, 0.29) is 25.2 Å². The Labute approximate surface area is 126 Å². The van der Waals surface area contributed by atoms with Gasteiger partial charge < -0.3 is 10.1 Å². The number of pyridine rings is 1. The summed E-state index contributed by atoms with van der Waals surface area (Å²) in [5.41, 5.74) is 0. The van der Waals surface area contributed by atoms with Crippen molar-refractivity contribution in [2.45, 2.75) is 19.8 Å². The number of aromatic nitrogens is 1. The summed E-state index contributed by atoms with van der Waals surface area (Å²) in [7, 11) is 0. The first-order valence-corrected chi connectivity index (χ1v) is 6.99. The smallest absolute Gasteiger partial charge is 0.310 e. The summed E-state index contributed by atoms with van der Waals surface area (Å²) in [6, 6.07) is 3.14. The van der Waals surface area contributed by atoms with E-state index in [0.29, 0.717) is 10.8 Å². The number of hydrogen-bond donors (Lipinski definition) is 1. The number of hydrogen-bond acceptors (Lipinski definition) is 5. The minimum Gasteiger partial charge on any atom is -0.466 e. The highest BCUT2D eigenvalue weighted by atomic mass is 35.5. The third-order valence-corrected chi connectivity index (χ3v) is 3.51. The van der Waals surface area contributed by atoms with E-state index < -0.39 is 23.7 Å². The number of halogens is 1. The maximum atomic E-state index is 12.2. The maximum Gasteiger partial charge on any atom is 0.310 e. The van der Waals surface area contributed by atoms with Gasteiger partial charge in [-0.15, -0.1) is 0 Å². The summed E-state index contributed by atoms with van der Waals surface area (Å²) in [6.07, 6.45) is 1.49. The highest BCUT2D eigenvalue weighted by molar-refractivity contribution is 6.30. The Bertz CT molecular complexity index is 559. The van der Waals surface area contributed by atoms with Crippen LogP contribution >= 0.6 is 11.6 Å². The minimum atomic E-state index is -0.718. The van der Waals surface area contributed by atoms with Gasteiger partial charge in [0.25, 0.3) is 0 Å². The molecule has 1 aromatic heterocycles. The van der Waals surface area contributed by atoms with Gasteiger partial charge in [0.1, 0.15) is 11.6 Å². The zero-order chi connectivity index (χ0) is 15.4. The van der Waals surface area contributed by atoms with Crippen molar-refractivity contribution in [3.05, 3.63) is 23.4 Å². The van der Waals surface area contributed by atoms with E-state index >= 15 is 0 Å². The van der Waals surface area contributed by atoms with Crippen LogP contribution in [0.5, 0.6) is 0 Å². The Hall–Kier alpha value is -1.95. The van der Waals surface area contributed by atoms with E-state index in [1.165, 1.54) is 6.20 Å². The number of Topliss-reactive ketones (excluding diaryl/α,β-unsaturated/α-hetero) is 1. The Morgan fingerprint density at radius 3 is 2.71 bits per heavy atom. The van der Waals surface area contributed by atoms with Crippen LogP contribution in [0.1, 0.15) is 19.8 Å². The fourth-order valence-electron chi connectivity index (χ4n) is 2.30. The van der Waals surface area contributed by atoms with Crippen LogP contribution in [-0.2, 0) is 19.1 Å². The van der Waals surface area contributed by atoms with Crippen LogP contribution in [0.3, 0.4) is 0 Å². The average molecular weight is 311 g/mol. The number of rotatable bonds is 4. The molecule has 1 saturated carbocycles. The van der Waals surface area contributed by atoms with E-state index in [9.17, 15) is 14.4 Å². The molecule has 1 fully saturated rings. The molecule has 0 radical (unpaired) electrons.